The van der Waals surface area contributed by atoms with Crippen LogP contribution in [0.15, 0.2) is 96.8 Å². The van der Waals surface area contributed by atoms with Crippen LogP contribution < -0.4 is 5.32 Å². The number of hydrogen-bond acceptors (Lipinski definition) is 4. The maximum absolute atomic E-state index is 13.5. The smallest absolute Gasteiger partial charge is 0.188 e. The highest BCUT2D eigenvalue weighted by Gasteiger charge is 2.49. The molecular formula is C24H21N3O. The first-order chi connectivity index (χ1) is 13.8. The number of nitrogens with one attached hydrogen (secondary N) is 1. The summed E-state index contributed by atoms with van der Waals surface area (Å²) < 4.78 is 0. The van der Waals surface area contributed by atoms with Crippen molar-refractivity contribution in [2.24, 2.45) is 0 Å². The number of carbonyl (C=O) groups is 1. The van der Waals surface area contributed by atoms with Crippen molar-refractivity contribution in [2.75, 3.05) is 5.32 Å². The number of allylic oxidation sites excluding steroid dienone is 1. The molecule has 0 saturated carbocycles. The van der Waals surface area contributed by atoms with Crippen molar-refractivity contribution in [3.05, 3.63) is 108 Å². The number of aromatic nitrogens is 1. The fourth-order valence-electron chi connectivity index (χ4n) is 4.35. The summed E-state index contributed by atoms with van der Waals surface area (Å²) in [7, 11) is 0. The average molecular weight is 367 g/mol. The molecule has 0 amide bonds. The maximum atomic E-state index is 13.5. The summed E-state index contributed by atoms with van der Waals surface area (Å²) in [6, 6.07) is 26.3. The molecule has 0 aliphatic carbocycles. The average Bonchev–Trinajstić information content (AvgIpc) is 3.29. The molecule has 5 rings (SSSR count). The minimum absolute atomic E-state index is 0.148. The summed E-state index contributed by atoms with van der Waals surface area (Å²) in [4.78, 5) is 20.2. The molecule has 1 aromatic heterocycles. The summed E-state index contributed by atoms with van der Waals surface area (Å²) in [5.74, 6) is 0.646. The molecule has 2 aliphatic rings. The summed E-state index contributed by atoms with van der Waals surface area (Å²) in [5.41, 5.74) is 3.37. The lowest BCUT2D eigenvalue weighted by molar-refractivity contribution is -0.120. The van der Waals surface area contributed by atoms with Crippen molar-refractivity contribution in [2.45, 2.75) is 24.5 Å². The van der Waals surface area contributed by atoms with Crippen molar-refractivity contribution in [1.82, 2.24) is 9.88 Å². The number of nitrogens with zero attached hydrogens (tertiary/aromatic N) is 2. The zero-order chi connectivity index (χ0) is 18.9. The maximum Gasteiger partial charge on any atom is 0.188 e. The number of pyridine rings is 1. The number of fused-ring (bicyclic) bond motifs is 1. The van der Waals surface area contributed by atoms with E-state index in [2.05, 4.69) is 45.5 Å². The quantitative estimate of drug-likeness (QED) is 0.737. The highest BCUT2D eigenvalue weighted by molar-refractivity contribution is 5.98. The Morgan fingerprint density at radius 3 is 2.21 bits per heavy atom. The van der Waals surface area contributed by atoms with Crippen LogP contribution in [0.5, 0.6) is 0 Å². The number of anilines is 1. The molecule has 4 nitrogen and oxygen atoms in total. The van der Waals surface area contributed by atoms with Gasteiger partial charge in [-0.25, -0.2) is 4.98 Å². The monoisotopic (exact) mass is 367 g/mol. The van der Waals surface area contributed by atoms with Crippen LogP contribution in [-0.2, 0) is 4.79 Å². The lowest BCUT2D eigenvalue weighted by Crippen LogP contribution is -2.40. The largest absolute Gasteiger partial charge is 0.344 e. The number of rotatable bonds is 4. The SMILES string of the molecule is O=C1C(c2ccccc2)C2=CCC(c3ccccc3)N2C1Nc1ccccn1. The fraction of sp³-hybridized carbons (Fsp3) is 0.167. The van der Waals surface area contributed by atoms with Crippen molar-refractivity contribution in [3.8, 4) is 0 Å². The Balaban J connectivity index is 1.56. The number of benzene rings is 2. The number of carbonyl (C=O) groups excluding carboxylic acids is 1. The Hall–Kier alpha value is -3.40. The molecule has 3 heterocycles. The van der Waals surface area contributed by atoms with Crippen molar-refractivity contribution < 1.29 is 4.79 Å². The lowest BCUT2D eigenvalue weighted by atomic mass is 9.93. The number of ketones is 1. The van der Waals surface area contributed by atoms with Gasteiger partial charge in [0.15, 0.2) is 11.9 Å². The van der Waals surface area contributed by atoms with E-state index >= 15 is 0 Å². The van der Waals surface area contributed by atoms with E-state index < -0.39 is 6.17 Å². The minimum atomic E-state index is -0.431. The molecule has 1 N–H and O–H groups in total. The van der Waals surface area contributed by atoms with Gasteiger partial charge in [-0.15, -0.1) is 0 Å². The Morgan fingerprint density at radius 2 is 1.54 bits per heavy atom. The van der Waals surface area contributed by atoms with Crippen molar-refractivity contribution in [1.29, 1.82) is 0 Å². The van der Waals surface area contributed by atoms with Crippen LogP contribution in [0.4, 0.5) is 5.82 Å². The van der Waals surface area contributed by atoms with Gasteiger partial charge in [-0.05, 0) is 29.7 Å². The van der Waals surface area contributed by atoms with E-state index in [1.54, 1.807) is 6.20 Å². The van der Waals surface area contributed by atoms with Gasteiger partial charge < -0.3 is 10.2 Å². The molecule has 0 spiro atoms. The van der Waals surface area contributed by atoms with Gasteiger partial charge in [0.1, 0.15) is 5.82 Å². The van der Waals surface area contributed by atoms with Gasteiger partial charge >= 0.3 is 0 Å². The van der Waals surface area contributed by atoms with E-state index in [9.17, 15) is 4.79 Å². The molecular weight excluding hydrogens is 346 g/mol. The number of Topliss-reactive ketones (excluding diaryl/α,β-unsaturated/α-hetero) is 1. The summed E-state index contributed by atoms with van der Waals surface area (Å²) in [5, 5.41) is 3.39. The zero-order valence-corrected chi connectivity index (χ0v) is 15.4. The van der Waals surface area contributed by atoms with Gasteiger partial charge in [-0.2, -0.15) is 0 Å². The van der Waals surface area contributed by atoms with E-state index in [-0.39, 0.29) is 17.7 Å². The second-order valence-electron chi connectivity index (χ2n) is 7.21. The summed E-state index contributed by atoms with van der Waals surface area (Å²) in [6.45, 7) is 0. The Bertz CT molecular complexity index is 1000. The second-order valence-corrected chi connectivity index (χ2v) is 7.21. The molecule has 0 radical (unpaired) electrons. The molecule has 1 saturated heterocycles. The molecule has 138 valence electrons. The van der Waals surface area contributed by atoms with E-state index in [1.165, 1.54) is 5.56 Å². The molecule has 0 bridgehead atoms. The molecule has 28 heavy (non-hydrogen) atoms. The molecule has 4 heteroatoms. The molecule has 3 aromatic rings. The van der Waals surface area contributed by atoms with Gasteiger partial charge in [0, 0.05) is 11.9 Å². The summed E-state index contributed by atoms with van der Waals surface area (Å²) in [6.07, 6.45) is 4.44. The standard InChI is InChI=1S/C24H21N3O/c28-23-22(18-11-5-2-6-12-18)20-15-14-19(17-9-3-1-4-10-17)27(20)24(23)26-21-13-7-8-16-25-21/h1-13,15-16,19,22,24H,14H2,(H,25,26). The third-order valence-corrected chi connectivity index (χ3v) is 5.58. The molecule has 1 fully saturated rings. The van der Waals surface area contributed by atoms with Crippen LogP contribution in [0, 0.1) is 0 Å². The highest BCUT2D eigenvalue weighted by atomic mass is 16.1. The Kier molecular flexibility index (Phi) is 4.17. The van der Waals surface area contributed by atoms with E-state index in [0.717, 1.165) is 17.7 Å². The van der Waals surface area contributed by atoms with Gasteiger partial charge in [0.05, 0.1) is 12.0 Å². The van der Waals surface area contributed by atoms with Gasteiger partial charge in [0.25, 0.3) is 0 Å². The summed E-state index contributed by atoms with van der Waals surface area (Å²) >= 11 is 0. The van der Waals surface area contributed by atoms with Crippen LogP contribution in [0.1, 0.15) is 29.5 Å². The molecule has 2 aromatic carbocycles. The van der Waals surface area contributed by atoms with E-state index in [1.807, 2.05) is 54.6 Å². The lowest BCUT2D eigenvalue weighted by Gasteiger charge is -2.31. The van der Waals surface area contributed by atoms with Crippen LogP contribution >= 0.6 is 0 Å². The van der Waals surface area contributed by atoms with Crippen LogP contribution in [-0.4, -0.2) is 21.8 Å². The third kappa shape index (κ3) is 2.78. The normalized spacial score (nSPS) is 23.4. The predicted molar refractivity (Wildman–Crippen MR) is 110 cm³/mol. The number of hydrogen-bond donors (Lipinski definition) is 1. The Morgan fingerprint density at radius 1 is 0.857 bits per heavy atom. The van der Waals surface area contributed by atoms with E-state index in [0.29, 0.717) is 5.82 Å². The Labute approximate surface area is 164 Å². The van der Waals surface area contributed by atoms with Gasteiger partial charge in [0.2, 0.25) is 0 Å². The molecule has 3 atom stereocenters. The second kappa shape index (κ2) is 6.97. The van der Waals surface area contributed by atoms with Gasteiger partial charge in [-0.1, -0.05) is 72.8 Å². The first kappa shape index (κ1) is 16.8. The zero-order valence-electron chi connectivity index (χ0n) is 15.4. The van der Waals surface area contributed by atoms with Crippen LogP contribution in [0.25, 0.3) is 0 Å². The topological polar surface area (TPSA) is 45.2 Å². The molecule has 3 unspecified atom stereocenters. The molecule has 2 aliphatic heterocycles. The third-order valence-electron chi connectivity index (χ3n) is 5.58. The first-order valence-corrected chi connectivity index (χ1v) is 9.62. The van der Waals surface area contributed by atoms with Crippen molar-refractivity contribution in [3.63, 3.8) is 0 Å². The highest BCUT2D eigenvalue weighted by Crippen LogP contribution is 2.48. The van der Waals surface area contributed by atoms with Crippen molar-refractivity contribution >= 4 is 11.6 Å². The first-order valence-electron chi connectivity index (χ1n) is 9.62. The minimum Gasteiger partial charge on any atom is -0.344 e. The fourth-order valence-corrected chi connectivity index (χ4v) is 4.35. The van der Waals surface area contributed by atoms with Crippen LogP contribution in [0.2, 0.25) is 0 Å². The van der Waals surface area contributed by atoms with E-state index in [4.69, 9.17) is 0 Å². The van der Waals surface area contributed by atoms with Gasteiger partial charge in [-0.3, -0.25) is 4.79 Å². The van der Waals surface area contributed by atoms with Crippen LogP contribution in [0.3, 0.4) is 0 Å². The predicted octanol–water partition coefficient (Wildman–Crippen LogP) is 4.52.